The number of allylic oxidation sites excluding steroid dienone is 10. The van der Waals surface area contributed by atoms with E-state index >= 15 is 0 Å². The highest BCUT2D eigenvalue weighted by Gasteiger charge is 2.22. The van der Waals surface area contributed by atoms with E-state index in [0.29, 0.717) is 0 Å². The van der Waals surface area contributed by atoms with Crippen LogP contribution in [-0.4, -0.2) is 0 Å². The summed E-state index contributed by atoms with van der Waals surface area (Å²) in [4.78, 5) is 0. The van der Waals surface area contributed by atoms with Crippen molar-refractivity contribution in [2.24, 2.45) is 0 Å². The highest BCUT2D eigenvalue weighted by molar-refractivity contribution is 5.53. The summed E-state index contributed by atoms with van der Waals surface area (Å²) in [6, 6.07) is 10.7. The zero-order valence-corrected chi connectivity index (χ0v) is 13.2. The number of hydrogen-bond acceptors (Lipinski definition) is 0. The Morgan fingerprint density at radius 1 is 1.14 bits per heavy atom. The highest BCUT2D eigenvalue weighted by Crippen LogP contribution is 2.32. The summed E-state index contributed by atoms with van der Waals surface area (Å²) >= 11 is 0. The Kier molecular flexibility index (Phi) is 5.16. The number of hydrogen-bond donors (Lipinski definition) is 0. The van der Waals surface area contributed by atoms with Gasteiger partial charge in [-0.3, -0.25) is 0 Å². The lowest BCUT2D eigenvalue weighted by molar-refractivity contribution is 0.755. The Hall–Kier alpha value is -2.08. The molecular formula is C21H24. The van der Waals surface area contributed by atoms with Crippen molar-refractivity contribution in [2.45, 2.75) is 32.6 Å². The molecule has 0 spiro atoms. The maximum absolute atomic E-state index is 2.36. The second kappa shape index (κ2) is 7.08. The van der Waals surface area contributed by atoms with E-state index < -0.39 is 0 Å². The van der Waals surface area contributed by atoms with Gasteiger partial charge in [-0.2, -0.15) is 0 Å². The van der Waals surface area contributed by atoms with E-state index in [0.717, 1.165) is 6.42 Å². The van der Waals surface area contributed by atoms with Gasteiger partial charge in [-0.25, -0.2) is 0 Å². The first-order valence-corrected chi connectivity index (χ1v) is 7.67. The summed E-state index contributed by atoms with van der Waals surface area (Å²) in [5.74, 6) is 0. The summed E-state index contributed by atoms with van der Waals surface area (Å²) in [6.07, 6.45) is 18.8. The lowest BCUT2D eigenvalue weighted by Crippen LogP contribution is -2.16. The van der Waals surface area contributed by atoms with Crippen LogP contribution in [0.4, 0.5) is 0 Å². The quantitative estimate of drug-likeness (QED) is 0.600. The fourth-order valence-electron chi connectivity index (χ4n) is 2.59. The Morgan fingerprint density at radius 2 is 1.90 bits per heavy atom. The average molecular weight is 276 g/mol. The Balaban J connectivity index is 2.45. The summed E-state index contributed by atoms with van der Waals surface area (Å²) in [6.45, 7) is 6.53. The highest BCUT2D eigenvalue weighted by atomic mass is 14.3. The van der Waals surface area contributed by atoms with Crippen LogP contribution in [0.3, 0.4) is 0 Å². The molecule has 108 valence electrons. The van der Waals surface area contributed by atoms with Gasteiger partial charge in [0.15, 0.2) is 0 Å². The summed E-state index contributed by atoms with van der Waals surface area (Å²) in [5.41, 5.74) is 3.80. The molecule has 21 heavy (non-hydrogen) atoms. The summed E-state index contributed by atoms with van der Waals surface area (Å²) in [7, 11) is 0. The van der Waals surface area contributed by atoms with Crippen LogP contribution in [0.25, 0.3) is 0 Å². The Bertz CT molecular complexity index is 609. The topological polar surface area (TPSA) is 0 Å². The molecule has 0 saturated heterocycles. The zero-order chi connectivity index (χ0) is 15.1. The van der Waals surface area contributed by atoms with Crippen LogP contribution in [0.5, 0.6) is 0 Å². The van der Waals surface area contributed by atoms with Gasteiger partial charge in [0.1, 0.15) is 0 Å². The first-order chi connectivity index (χ1) is 10.2. The molecule has 1 aliphatic rings. The van der Waals surface area contributed by atoms with E-state index in [-0.39, 0.29) is 5.41 Å². The molecule has 0 nitrogen and oxygen atoms in total. The normalized spacial score (nSPS) is 22.4. The lowest BCUT2D eigenvalue weighted by Gasteiger charge is -2.23. The third-order valence-electron chi connectivity index (χ3n) is 3.86. The predicted molar refractivity (Wildman–Crippen MR) is 93.3 cm³/mol. The molecule has 0 aromatic heterocycles. The van der Waals surface area contributed by atoms with Gasteiger partial charge in [0.25, 0.3) is 0 Å². The largest absolute Gasteiger partial charge is 0.0842 e. The van der Waals surface area contributed by atoms with E-state index in [9.17, 15) is 0 Å². The van der Waals surface area contributed by atoms with E-state index in [2.05, 4.69) is 99.7 Å². The van der Waals surface area contributed by atoms with E-state index in [1.807, 2.05) is 0 Å². The second-order valence-electron chi connectivity index (χ2n) is 5.52. The van der Waals surface area contributed by atoms with Gasteiger partial charge in [0.05, 0.1) is 0 Å². The third-order valence-corrected chi connectivity index (χ3v) is 3.86. The van der Waals surface area contributed by atoms with Crippen molar-refractivity contribution in [2.75, 3.05) is 0 Å². The second-order valence-corrected chi connectivity index (χ2v) is 5.52. The Morgan fingerprint density at radius 3 is 2.57 bits per heavy atom. The fraction of sp³-hybridized carbons (Fsp3) is 0.238. The maximum Gasteiger partial charge on any atom is 0.0295 e. The maximum atomic E-state index is 2.36. The van der Waals surface area contributed by atoms with Gasteiger partial charge >= 0.3 is 0 Å². The first-order valence-electron chi connectivity index (χ1n) is 7.67. The van der Waals surface area contributed by atoms with E-state index in [1.54, 1.807) is 0 Å². The molecule has 1 aliphatic carbocycles. The molecule has 0 saturated carbocycles. The monoisotopic (exact) mass is 276 g/mol. The molecule has 0 N–H and O–H groups in total. The van der Waals surface area contributed by atoms with Crippen molar-refractivity contribution >= 4 is 0 Å². The lowest BCUT2D eigenvalue weighted by atomic mass is 9.80. The zero-order valence-electron chi connectivity index (χ0n) is 13.2. The third kappa shape index (κ3) is 3.72. The minimum absolute atomic E-state index is 0.0750. The van der Waals surface area contributed by atoms with Gasteiger partial charge in [0.2, 0.25) is 0 Å². The molecule has 1 atom stereocenters. The SMILES string of the molecule is C/C=C(\C=C/CC)C1=CC(C)(c2ccccc2)C=CC=C1. The summed E-state index contributed by atoms with van der Waals surface area (Å²) in [5, 5.41) is 0. The van der Waals surface area contributed by atoms with Crippen molar-refractivity contribution < 1.29 is 0 Å². The smallest absolute Gasteiger partial charge is 0.0295 e. The van der Waals surface area contributed by atoms with Gasteiger partial charge in [-0.15, -0.1) is 0 Å². The first kappa shape index (κ1) is 15.3. The van der Waals surface area contributed by atoms with Crippen LogP contribution in [0.2, 0.25) is 0 Å². The van der Waals surface area contributed by atoms with Crippen LogP contribution in [0.1, 0.15) is 32.8 Å². The van der Waals surface area contributed by atoms with Crippen molar-refractivity contribution in [3.05, 3.63) is 95.6 Å². The standard InChI is InChI=1S/C21H24/c1-4-6-12-18(5-2)19-13-10-11-16-21(3,17-19)20-14-8-7-9-15-20/h5-17H,4H2,1-3H3/b12-6-,18-5+. The fourth-order valence-corrected chi connectivity index (χ4v) is 2.59. The molecule has 0 amide bonds. The van der Waals surface area contributed by atoms with Crippen LogP contribution >= 0.6 is 0 Å². The minimum atomic E-state index is -0.0750. The molecule has 0 fully saturated rings. The molecule has 0 aliphatic heterocycles. The van der Waals surface area contributed by atoms with Gasteiger partial charge in [-0.1, -0.05) is 85.9 Å². The average Bonchev–Trinajstić information content (AvgIpc) is 2.72. The van der Waals surface area contributed by atoms with Crippen LogP contribution in [0, 0.1) is 0 Å². The van der Waals surface area contributed by atoms with Crippen LogP contribution < -0.4 is 0 Å². The molecular weight excluding hydrogens is 252 g/mol. The molecule has 1 aromatic carbocycles. The van der Waals surface area contributed by atoms with Crippen LogP contribution in [-0.2, 0) is 5.41 Å². The van der Waals surface area contributed by atoms with Gasteiger partial charge in [-0.05, 0) is 37.0 Å². The van der Waals surface area contributed by atoms with E-state index in [1.165, 1.54) is 16.7 Å². The molecule has 0 radical (unpaired) electrons. The predicted octanol–water partition coefficient (Wildman–Crippen LogP) is 5.91. The molecule has 1 unspecified atom stereocenters. The number of benzene rings is 1. The molecule has 2 rings (SSSR count). The molecule has 1 aromatic rings. The van der Waals surface area contributed by atoms with Crippen molar-refractivity contribution in [3.8, 4) is 0 Å². The Labute approximate surface area is 128 Å². The van der Waals surface area contributed by atoms with E-state index in [4.69, 9.17) is 0 Å². The minimum Gasteiger partial charge on any atom is -0.0842 e. The van der Waals surface area contributed by atoms with Gasteiger partial charge in [0, 0.05) is 5.41 Å². The molecule has 0 heterocycles. The van der Waals surface area contributed by atoms with Crippen molar-refractivity contribution in [3.63, 3.8) is 0 Å². The number of rotatable bonds is 4. The van der Waals surface area contributed by atoms with Gasteiger partial charge < -0.3 is 0 Å². The van der Waals surface area contributed by atoms with Crippen molar-refractivity contribution in [1.29, 1.82) is 0 Å². The molecule has 0 bridgehead atoms. The summed E-state index contributed by atoms with van der Waals surface area (Å²) < 4.78 is 0. The molecule has 0 heteroatoms. The van der Waals surface area contributed by atoms with Crippen LogP contribution in [0.15, 0.2) is 90.1 Å². The van der Waals surface area contributed by atoms with Crippen molar-refractivity contribution in [1.82, 2.24) is 0 Å².